The second-order valence-electron chi connectivity index (χ2n) is 7.78. The van der Waals surface area contributed by atoms with Crippen molar-refractivity contribution in [3.63, 3.8) is 0 Å². The number of aryl methyl sites for hydroxylation is 2. The van der Waals surface area contributed by atoms with Gasteiger partial charge in [-0.05, 0) is 80.6 Å². The smallest absolute Gasteiger partial charge is 0.267 e. The Balaban J connectivity index is 1.82. The Bertz CT molecular complexity index is 1060. The number of sulfonamides is 1. The Morgan fingerprint density at radius 2 is 1.83 bits per heavy atom. The Hall–Kier alpha value is -2.38. The number of carbonyl (C=O) groups is 1. The van der Waals surface area contributed by atoms with Gasteiger partial charge < -0.3 is 9.64 Å². The molecule has 0 bridgehead atoms. The van der Waals surface area contributed by atoms with Crippen LogP contribution >= 0.6 is 0 Å². The van der Waals surface area contributed by atoms with E-state index in [0.29, 0.717) is 13.0 Å². The normalized spacial score (nSPS) is 14.8. The van der Waals surface area contributed by atoms with Crippen LogP contribution in [0.4, 0.5) is 5.69 Å². The van der Waals surface area contributed by atoms with E-state index in [0.717, 1.165) is 33.7 Å². The van der Waals surface area contributed by atoms with Gasteiger partial charge in [-0.25, -0.2) is 12.7 Å². The molecule has 1 heterocycles. The van der Waals surface area contributed by atoms with Gasteiger partial charge in [0.05, 0.1) is 4.90 Å². The van der Waals surface area contributed by atoms with Gasteiger partial charge in [0, 0.05) is 26.3 Å². The van der Waals surface area contributed by atoms with Crippen molar-refractivity contribution in [3.05, 3.63) is 52.6 Å². The number of nitrogens with zero attached hydrogens (tertiary/aromatic N) is 2. The zero-order valence-corrected chi connectivity index (χ0v) is 18.6. The lowest BCUT2D eigenvalue weighted by atomic mass is 10.1. The summed E-state index contributed by atoms with van der Waals surface area (Å²) < 4.78 is 31.9. The Kier molecular flexibility index (Phi) is 5.74. The molecule has 7 heteroatoms. The van der Waals surface area contributed by atoms with Crippen molar-refractivity contribution in [2.24, 2.45) is 0 Å². The molecule has 156 valence electrons. The van der Waals surface area contributed by atoms with Crippen molar-refractivity contribution in [2.45, 2.75) is 45.1 Å². The van der Waals surface area contributed by atoms with Crippen molar-refractivity contribution < 1.29 is 17.9 Å². The number of ether oxygens (including phenoxy) is 1. The van der Waals surface area contributed by atoms with Crippen LogP contribution in [-0.4, -0.2) is 45.4 Å². The first kappa shape index (κ1) is 21.3. The second-order valence-corrected chi connectivity index (χ2v) is 9.93. The standard InChI is InChI=1S/C22H28N2O4S/c1-14-11-15(2)16(3)21(12-14)28-17(4)22(25)24-10-9-18-13-19(7-8-20(18)24)29(26,27)23(5)6/h7-8,11-13,17H,9-10H2,1-6H3/t17-/m0/s1. The summed E-state index contributed by atoms with van der Waals surface area (Å²) in [7, 11) is -0.488. The molecule has 0 aromatic heterocycles. The molecular weight excluding hydrogens is 388 g/mol. The van der Waals surface area contributed by atoms with Crippen LogP contribution in [0.1, 0.15) is 29.2 Å². The van der Waals surface area contributed by atoms with Crippen LogP contribution in [0.5, 0.6) is 5.75 Å². The molecule has 0 unspecified atom stereocenters. The van der Waals surface area contributed by atoms with Crippen molar-refractivity contribution in [2.75, 3.05) is 25.5 Å². The van der Waals surface area contributed by atoms with E-state index in [2.05, 4.69) is 6.07 Å². The fraction of sp³-hybridized carbons (Fsp3) is 0.409. The van der Waals surface area contributed by atoms with Crippen molar-refractivity contribution in [3.8, 4) is 5.75 Å². The van der Waals surface area contributed by atoms with E-state index < -0.39 is 16.1 Å². The molecule has 1 atom stereocenters. The summed E-state index contributed by atoms with van der Waals surface area (Å²) in [5.41, 5.74) is 4.84. The predicted molar refractivity (Wildman–Crippen MR) is 114 cm³/mol. The van der Waals surface area contributed by atoms with Gasteiger partial charge in [-0.1, -0.05) is 6.07 Å². The minimum absolute atomic E-state index is 0.134. The lowest BCUT2D eigenvalue weighted by Crippen LogP contribution is -2.39. The van der Waals surface area contributed by atoms with Crippen molar-refractivity contribution in [1.82, 2.24) is 4.31 Å². The number of carbonyl (C=O) groups excluding carboxylic acids is 1. The second kappa shape index (κ2) is 7.80. The zero-order valence-electron chi connectivity index (χ0n) is 17.8. The molecule has 0 saturated carbocycles. The van der Waals surface area contributed by atoms with E-state index in [1.54, 1.807) is 30.0 Å². The quantitative estimate of drug-likeness (QED) is 0.751. The molecule has 1 amide bonds. The summed E-state index contributed by atoms with van der Waals surface area (Å²) >= 11 is 0. The summed E-state index contributed by atoms with van der Waals surface area (Å²) in [5.74, 6) is 0.584. The van der Waals surface area contributed by atoms with Crippen molar-refractivity contribution in [1.29, 1.82) is 0 Å². The van der Waals surface area contributed by atoms with Crippen LogP contribution in [0.15, 0.2) is 35.2 Å². The molecule has 1 aliphatic heterocycles. The fourth-order valence-electron chi connectivity index (χ4n) is 3.56. The van der Waals surface area contributed by atoms with Gasteiger partial charge in [-0.2, -0.15) is 0 Å². The molecule has 29 heavy (non-hydrogen) atoms. The minimum atomic E-state index is -3.50. The highest BCUT2D eigenvalue weighted by molar-refractivity contribution is 7.89. The van der Waals surface area contributed by atoms with E-state index in [-0.39, 0.29) is 10.8 Å². The molecule has 0 saturated heterocycles. The first-order chi connectivity index (χ1) is 13.5. The van der Waals surface area contributed by atoms with Crippen LogP contribution in [0.2, 0.25) is 0 Å². The third kappa shape index (κ3) is 4.02. The maximum absolute atomic E-state index is 13.1. The number of rotatable bonds is 5. The lowest BCUT2D eigenvalue weighted by Gasteiger charge is -2.24. The molecule has 1 aliphatic rings. The first-order valence-electron chi connectivity index (χ1n) is 9.63. The van der Waals surface area contributed by atoms with Gasteiger partial charge in [0.25, 0.3) is 5.91 Å². The first-order valence-corrected chi connectivity index (χ1v) is 11.1. The van der Waals surface area contributed by atoms with Gasteiger partial charge in [0.1, 0.15) is 5.75 Å². The van der Waals surface area contributed by atoms with Crippen LogP contribution in [-0.2, 0) is 21.2 Å². The lowest BCUT2D eigenvalue weighted by molar-refractivity contribution is -0.124. The van der Waals surface area contributed by atoms with E-state index >= 15 is 0 Å². The SMILES string of the molecule is Cc1cc(C)c(C)c(O[C@@H](C)C(=O)N2CCc3cc(S(=O)(=O)N(C)C)ccc32)c1. The average molecular weight is 417 g/mol. The van der Waals surface area contributed by atoms with Gasteiger partial charge in [-0.3, -0.25) is 4.79 Å². The molecule has 0 fully saturated rings. The molecule has 0 aliphatic carbocycles. The fourth-order valence-corrected chi connectivity index (χ4v) is 4.51. The molecule has 0 N–H and O–H groups in total. The number of anilines is 1. The van der Waals surface area contributed by atoms with Crippen LogP contribution < -0.4 is 9.64 Å². The summed E-state index contributed by atoms with van der Waals surface area (Å²) in [6.45, 7) is 8.28. The van der Waals surface area contributed by atoms with Crippen molar-refractivity contribution >= 4 is 21.6 Å². The predicted octanol–water partition coefficient (Wildman–Crippen LogP) is 3.22. The maximum Gasteiger partial charge on any atom is 0.267 e. The number of hydrogen-bond donors (Lipinski definition) is 0. The number of hydrogen-bond acceptors (Lipinski definition) is 4. The number of benzene rings is 2. The maximum atomic E-state index is 13.1. The summed E-state index contributed by atoms with van der Waals surface area (Å²) in [6.07, 6.45) is -0.0290. The Morgan fingerprint density at radius 1 is 1.14 bits per heavy atom. The van der Waals surface area contributed by atoms with Gasteiger partial charge >= 0.3 is 0 Å². The molecule has 6 nitrogen and oxygen atoms in total. The van der Waals surface area contributed by atoms with Gasteiger partial charge in [0.15, 0.2) is 6.10 Å². The topological polar surface area (TPSA) is 66.9 Å². The minimum Gasteiger partial charge on any atom is -0.481 e. The van der Waals surface area contributed by atoms with E-state index in [4.69, 9.17) is 4.74 Å². The van der Waals surface area contributed by atoms with E-state index in [1.165, 1.54) is 18.4 Å². The Morgan fingerprint density at radius 3 is 2.48 bits per heavy atom. The highest BCUT2D eigenvalue weighted by Crippen LogP contribution is 2.32. The van der Waals surface area contributed by atoms with Crippen LogP contribution in [0.25, 0.3) is 0 Å². The van der Waals surface area contributed by atoms with E-state index in [1.807, 2.05) is 26.8 Å². The number of fused-ring (bicyclic) bond motifs is 1. The summed E-state index contributed by atoms with van der Waals surface area (Å²) in [4.78, 5) is 15.0. The third-order valence-electron chi connectivity index (χ3n) is 5.41. The monoisotopic (exact) mass is 416 g/mol. The molecule has 3 rings (SSSR count). The number of amides is 1. The highest BCUT2D eigenvalue weighted by atomic mass is 32.2. The van der Waals surface area contributed by atoms with Crippen LogP contribution in [0, 0.1) is 20.8 Å². The van der Waals surface area contributed by atoms with Gasteiger partial charge in [-0.15, -0.1) is 0 Å². The molecule has 2 aromatic rings. The third-order valence-corrected chi connectivity index (χ3v) is 7.22. The summed E-state index contributed by atoms with van der Waals surface area (Å²) in [5, 5.41) is 0. The molecule has 0 radical (unpaired) electrons. The molecule has 0 spiro atoms. The zero-order chi connectivity index (χ0) is 21.5. The molecular formula is C22H28N2O4S. The Labute approximate surface area is 173 Å². The van der Waals surface area contributed by atoms with Gasteiger partial charge in [0.2, 0.25) is 10.0 Å². The van der Waals surface area contributed by atoms with E-state index in [9.17, 15) is 13.2 Å². The van der Waals surface area contributed by atoms with Crippen LogP contribution in [0.3, 0.4) is 0 Å². The molecule has 2 aromatic carbocycles. The largest absolute Gasteiger partial charge is 0.481 e. The highest BCUT2D eigenvalue weighted by Gasteiger charge is 2.31. The average Bonchev–Trinajstić information content (AvgIpc) is 3.08. The summed E-state index contributed by atoms with van der Waals surface area (Å²) in [6, 6.07) is 8.97.